The van der Waals surface area contributed by atoms with E-state index in [0.717, 1.165) is 23.5 Å². The van der Waals surface area contributed by atoms with Gasteiger partial charge >= 0.3 is 0 Å². The van der Waals surface area contributed by atoms with Crippen molar-refractivity contribution < 1.29 is 0 Å². The zero-order valence-electron chi connectivity index (χ0n) is 11.0. The highest BCUT2D eigenvalue weighted by molar-refractivity contribution is 6.29. The number of hydrogen-bond donors (Lipinski definition) is 1. The van der Waals surface area contributed by atoms with Crippen molar-refractivity contribution in [2.75, 3.05) is 12.4 Å². The van der Waals surface area contributed by atoms with Crippen molar-refractivity contribution in [1.29, 1.82) is 0 Å². The Morgan fingerprint density at radius 1 is 1.28 bits per heavy atom. The van der Waals surface area contributed by atoms with Gasteiger partial charge in [0.25, 0.3) is 0 Å². The molecule has 2 bridgehead atoms. The van der Waals surface area contributed by atoms with Gasteiger partial charge in [-0.05, 0) is 51.8 Å². The van der Waals surface area contributed by atoms with Gasteiger partial charge in [-0.25, -0.2) is 4.98 Å². The van der Waals surface area contributed by atoms with Crippen LogP contribution in [0.5, 0.6) is 0 Å². The lowest BCUT2D eigenvalue weighted by Gasteiger charge is -2.37. The number of piperidine rings is 1. The first-order valence-electron chi connectivity index (χ1n) is 6.75. The van der Waals surface area contributed by atoms with Gasteiger partial charge in [0, 0.05) is 18.1 Å². The van der Waals surface area contributed by atoms with E-state index in [4.69, 9.17) is 11.6 Å². The molecule has 0 aliphatic carbocycles. The lowest BCUT2D eigenvalue weighted by Crippen LogP contribution is -2.44. The molecule has 3 rings (SSSR count). The van der Waals surface area contributed by atoms with E-state index in [0.29, 0.717) is 11.2 Å². The number of pyridine rings is 1. The van der Waals surface area contributed by atoms with Crippen LogP contribution in [0.15, 0.2) is 12.1 Å². The van der Waals surface area contributed by atoms with Crippen LogP contribution in [0.4, 0.5) is 5.69 Å². The van der Waals surface area contributed by atoms with Crippen LogP contribution in [-0.2, 0) is 0 Å². The van der Waals surface area contributed by atoms with E-state index in [9.17, 15) is 0 Å². The van der Waals surface area contributed by atoms with Crippen molar-refractivity contribution in [2.24, 2.45) is 0 Å². The van der Waals surface area contributed by atoms with Crippen molar-refractivity contribution in [3.8, 4) is 0 Å². The summed E-state index contributed by atoms with van der Waals surface area (Å²) in [5, 5.41) is 4.22. The summed E-state index contributed by atoms with van der Waals surface area (Å²) in [4.78, 5) is 6.86. The van der Waals surface area contributed by atoms with Crippen LogP contribution in [0.1, 0.15) is 31.4 Å². The highest BCUT2D eigenvalue weighted by Crippen LogP contribution is 2.35. The third-order valence-electron chi connectivity index (χ3n) is 4.51. The summed E-state index contributed by atoms with van der Waals surface area (Å²) in [7, 11) is 2.27. The van der Waals surface area contributed by atoms with Crippen LogP contribution < -0.4 is 5.32 Å². The molecule has 18 heavy (non-hydrogen) atoms. The molecule has 2 atom stereocenters. The van der Waals surface area contributed by atoms with E-state index in [1.807, 2.05) is 19.1 Å². The van der Waals surface area contributed by atoms with E-state index in [1.165, 1.54) is 25.7 Å². The number of aryl methyl sites for hydroxylation is 1. The minimum atomic E-state index is 0.571. The fourth-order valence-electron chi connectivity index (χ4n) is 3.43. The predicted molar refractivity (Wildman–Crippen MR) is 75.2 cm³/mol. The molecule has 2 aliphatic heterocycles. The van der Waals surface area contributed by atoms with E-state index in [2.05, 4.69) is 22.2 Å². The van der Waals surface area contributed by atoms with Crippen LogP contribution >= 0.6 is 11.6 Å². The quantitative estimate of drug-likeness (QED) is 0.833. The fraction of sp³-hybridized carbons (Fsp3) is 0.643. The minimum absolute atomic E-state index is 0.571. The van der Waals surface area contributed by atoms with E-state index in [-0.39, 0.29) is 0 Å². The summed E-state index contributed by atoms with van der Waals surface area (Å²) in [6.45, 7) is 2.01. The van der Waals surface area contributed by atoms with E-state index in [1.54, 1.807) is 0 Å². The van der Waals surface area contributed by atoms with E-state index >= 15 is 0 Å². The zero-order chi connectivity index (χ0) is 12.7. The molecule has 1 aromatic heterocycles. The Kier molecular flexibility index (Phi) is 3.20. The number of hydrogen-bond acceptors (Lipinski definition) is 3. The Labute approximate surface area is 114 Å². The molecule has 0 radical (unpaired) electrons. The topological polar surface area (TPSA) is 28.2 Å². The van der Waals surface area contributed by atoms with Crippen molar-refractivity contribution in [2.45, 2.75) is 50.7 Å². The monoisotopic (exact) mass is 265 g/mol. The lowest BCUT2D eigenvalue weighted by atomic mass is 9.97. The number of rotatable bonds is 2. The predicted octanol–water partition coefficient (Wildman–Crippen LogP) is 3.08. The van der Waals surface area contributed by atoms with Crippen molar-refractivity contribution in [3.63, 3.8) is 0 Å². The summed E-state index contributed by atoms with van der Waals surface area (Å²) in [6.07, 6.45) is 5.21. The van der Waals surface area contributed by atoms with Gasteiger partial charge in [-0.1, -0.05) is 11.6 Å². The Morgan fingerprint density at radius 2 is 1.94 bits per heavy atom. The van der Waals surface area contributed by atoms with Gasteiger partial charge in [0.05, 0.1) is 11.4 Å². The fourth-order valence-corrected chi connectivity index (χ4v) is 3.62. The van der Waals surface area contributed by atoms with E-state index < -0.39 is 0 Å². The van der Waals surface area contributed by atoms with Gasteiger partial charge in [0.15, 0.2) is 0 Å². The van der Waals surface area contributed by atoms with Gasteiger partial charge in [-0.2, -0.15) is 0 Å². The Morgan fingerprint density at radius 3 is 2.56 bits per heavy atom. The van der Waals surface area contributed by atoms with Gasteiger partial charge in [0.1, 0.15) is 5.15 Å². The summed E-state index contributed by atoms with van der Waals surface area (Å²) < 4.78 is 0. The SMILES string of the molecule is Cc1nc(Cl)ccc1NC1CC2CCC(C1)N2C. The molecule has 0 spiro atoms. The molecule has 0 aromatic carbocycles. The van der Waals surface area contributed by atoms with Crippen LogP contribution in [0.3, 0.4) is 0 Å². The summed E-state index contributed by atoms with van der Waals surface area (Å²) >= 11 is 5.89. The molecule has 4 heteroatoms. The maximum Gasteiger partial charge on any atom is 0.129 e. The molecular formula is C14H20ClN3. The summed E-state index contributed by atoms with van der Waals surface area (Å²) in [5.41, 5.74) is 2.13. The smallest absolute Gasteiger partial charge is 0.129 e. The molecule has 2 saturated heterocycles. The van der Waals surface area contributed by atoms with Gasteiger partial charge in [-0.15, -0.1) is 0 Å². The van der Waals surface area contributed by atoms with Crippen LogP contribution in [0.25, 0.3) is 0 Å². The van der Waals surface area contributed by atoms with Crippen LogP contribution in [0.2, 0.25) is 5.15 Å². The second-order valence-electron chi connectivity index (χ2n) is 5.63. The van der Waals surface area contributed by atoms with Crippen molar-refractivity contribution in [3.05, 3.63) is 23.0 Å². The molecule has 1 N–H and O–H groups in total. The highest BCUT2D eigenvalue weighted by atomic mass is 35.5. The Hall–Kier alpha value is -0.800. The molecule has 0 amide bonds. The average molecular weight is 266 g/mol. The van der Waals surface area contributed by atoms with Crippen LogP contribution in [-0.4, -0.2) is 35.1 Å². The Balaban J connectivity index is 1.70. The van der Waals surface area contributed by atoms with Crippen molar-refractivity contribution in [1.82, 2.24) is 9.88 Å². The maximum absolute atomic E-state index is 5.89. The molecule has 2 fully saturated rings. The summed E-state index contributed by atoms with van der Waals surface area (Å²) in [5.74, 6) is 0. The number of anilines is 1. The standard InChI is InChI=1S/C14H20ClN3/c1-9-13(5-6-14(15)16-9)17-10-7-11-3-4-12(8-10)18(11)2/h5-6,10-12,17H,3-4,7-8H2,1-2H3. The molecule has 3 heterocycles. The first kappa shape index (κ1) is 12.2. The number of nitrogens with one attached hydrogen (secondary N) is 1. The van der Waals surface area contributed by atoms with Gasteiger partial charge in [0.2, 0.25) is 0 Å². The van der Waals surface area contributed by atoms with Gasteiger partial charge < -0.3 is 10.2 Å². The third kappa shape index (κ3) is 2.21. The molecule has 3 nitrogen and oxygen atoms in total. The highest BCUT2D eigenvalue weighted by Gasteiger charge is 2.38. The average Bonchev–Trinajstić information content (AvgIpc) is 2.57. The van der Waals surface area contributed by atoms with Crippen molar-refractivity contribution >= 4 is 17.3 Å². The third-order valence-corrected chi connectivity index (χ3v) is 4.72. The maximum atomic E-state index is 5.89. The molecule has 98 valence electrons. The van der Waals surface area contributed by atoms with Gasteiger partial charge in [-0.3, -0.25) is 0 Å². The molecule has 2 aliphatic rings. The number of fused-ring (bicyclic) bond motifs is 2. The first-order valence-corrected chi connectivity index (χ1v) is 7.13. The molecule has 1 aromatic rings. The molecule has 0 saturated carbocycles. The normalized spacial score (nSPS) is 31.6. The Bertz CT molecular complexity index is 435. The molecular weight excluding hydrogens is 246 g/mol. The molecule has 2 unspecified atom stereocenters. The zero-order valence-corrected chi connectivity index (χ0v) is 11.7. The first-order chi connectivity index (χ1) is 8.63. The van der Waals surface area contributed by atoms with Crippen LogP contribution in [0, 0.1) is 6.92 Å². The minimum Gasteiger partial charge on any atom is -0.381 e. The number of nitrogens with zero attached hydrogens (tertiary/aromatic N) is 2. The summed E-state index contributed by atoms with van der Waals surface area (Å²) in [6, 6.07) is 6.02. The number of halogens is 1. The lowest BCUT2D eigenvalue weighted by molar-refractivity contribution is 0.169. The second-order valence-corrected chi connectivity index (χ2v) is 6.02. The largest absolute Gasteiger partial charge is 0.381 e. The number of aromatic nitrogens is 1. The second kappa shape index (κ2) is 4.71.